The van der Waals surface area contributed by atoms with E-state index in [0.29, 0.717) is 17.9 Å². The van der Waals surface area contributed by atoms with Gasteiger partial charge in [-0.2, -0.15) is 0 Å². The number of fused-ring (bicyclic) bond motifs is 2. The highest BCUT2D eigenvalue weighted by atomic mass is 16.7. The van der Waals surface area contributed by atoms with E-state index >= 15 is 0 Å². The summed E-state index contributed by atoms with van der Waals surface area (Å²) >= 11 is 0. The van der Waals surface area contributed by atoms with Crippen LogP contribution in [-0.4, -0.2) is 197 Å². The predicted molar refractivity (Wildman–Crippen MR) is 594 cm³/mol. The van der Waals surface area contributed by atoms with Crippen molar-refractivity contribution in [2.75, 3.05) is 153 Å². The first-order valence-corrected chi connectivity index (χ1v) is 54.7. The Bertz CT molecular complexity index is 5330. The molecule has 0 bridgehead atoms. The fraction of sp³-hybridized carbons (Fsp3) is 0.442. The number of nitrogens with zero attached hydrogens (tertiary/aromatic N) is 6. The quantitative estimate of drug-likeness (QED) is 0.0333. The smallest absolute Gasteiger partial charge is 0.231 e. The largest absolute Gasteiger partial charge is 0.454 e. The zero-order valence-corrected chi connectivity index (χ0v) is 88.3. The van der Waals surface area contributed by atoms with Gasteiger partial charge in [0, 0.05) is 32.5 Å². The lowest BCUT2D eigenvalue weighted by Crippen LogP contribution is -2.34. The molecule has 16 nitrogen and oxygen atoms in total. The molecule has 2 atom stereocenters. The Morgan fingerprint density at radius 3 is 0.738 bits per heavy atom. The molecule has 2 unspecified atom stereocenters. The third-order valence-electron chi connectivity index (χ3n) is 30.8. The van der Waals surface area contributed by atoms with Gasteiger partial charge in [0.05, 0.1) is 0 Å². The van der Waals surface area contributed by atoms with E-state index in [-0.39, 0.29) is 24.8 Å². The second kappa shape index (κ2) is 59.4. The van der Waals surface area contributed by atoms with Gasteiger partial charge in [0.15, 0.2) is 23.0 Å². The number of ether oxygens (including phenoxy) is 7. The minimum Gasteiger partial charge on any atom is -0.454 e. The van der Waals surface area contributed by atoms with Gasteiger partial charge in [0.1, 0.15) is 33.6 Å². The van der Waals surface area contributed by atoms with Crippen LogP contribution in [0.25, 0.3) is 0 Å². The summed E-state index contributed by atoms with van der Waals surface area (Å²) in [5.41, 5.74) is 8.70. The van der Waals surface area contributed by atoms with Gasteiger partial charge in [0.25, 0.3) is 0 Å². The highest BCUT2D eigenvalue weighted by Gasteiger charge is 2.42. The SMILES string of the molecule is CCN(CC)CCCC(O)(c1ccccc1)c1ccccc1.CCN(CC)CCCC(OC)(c1ccccc1)c1ccccc1.COC(CCCN1CCCCC1)(c1ccccc1)c1cccc2c1OCO2.COC(CCCN1CCCCC1)(c1ccccc1)c1ccccc1.OC(CCCN1CCCCC1)(c1ccccc1)c1cccc2c1OCO2.OC(CCCN1CCCCC1)(c1ccccc1)c1ccccc1. The van der Waals surface area contributed by atoms with Crippen LogP contribution in [0.2, 0.25) is 0 Å². The lowest BCUT2D eigenvalue weighted by atomic mass is 9.81. The van der Waals surface area contributed by atoms with E-state index in [1.165, 1.54) is 158 Å². The Morgan fingerprint density at radius 2 is 0.455 bits per heavy atom. The number of rotatable bonds is 43. The molecule has 12 aromatic carbocycles. The Morgan fingerprint density at radius 1 is 0.234 bits per heavy atom. The summed E-state index contributed by atoms with van der Waals surface area (Å²) in [5.74, 6) is 3.02. The van der Waals surface area contributed by atoms with E-state index < -0.39 is 22.4 Å². The molecule has 6 heterocycles. The molecule has 4 saturated heterocycles. The molecule has 145 heavy (non-hydrogen) atoms. The molecule has 18 rings (SSSR count). The standard InChI is InChI=1S/C23H29NO3.C22H27NO3.C22H29NO.C21H27NO.C21H29NO.C20H27NO/c1-25-23(19-10-4-2-5-11-19,14-9-17-24-15-6-3-7-16-24)20-12-8-13-21-22(20)27-18-26-21;24-22(18-9-3-1-4-10-18,13-8-16-23-14-5-2-6-15-23)19-11-7-12-20-21(19)26-17-25-20;1-24-22(20-12-5-2-6-13-20,21-14-7-3-8-15-21)16-11-19-23-17-9-4-10-18-23;23-21(19-11-4-1-5-12-19,20-13-6-2-7-14-20)15-10-18-22-16-8-3-9-17-22;1-4-22(5-2)18-12-17-21(23-3,19-13-8-6-9-14-19)20-15-10-7-11-16-20;1-3-21(4-2)17-11-16-20(22,18-12-7-5-8-13-18)19-14-9-6-10-15-19/h2,4-5,8,10-13H,3,6-7,9,14-18H2,1H3;1,3-4,7,9-12,24H,2,5-6,8,13-17H2;2-3,5-8,12-15H,4,9-11,16-19H2,1H3;1-2,4-7,11-14,23H,3,8-10,15-18H2;6-11,13-16H,4-5,12,17-18H2,1-3H3;5-10,12-15,22H,3-4,11,16-17H2,1-2H3. The fourth-order valence-corrected chi connectivity index (χ4v) is 22.4. The van der Waals surface area contributed by atoms with Crippen LogP contribution >= 0.6 is 0 Å². The molecule has 0 saturated carbocycles. The second-order valence-electron chi connectivity index (χ2n) is 39.7. The molecular weight excluding hydrogens is 1790 g/mol. The van der Waals surface area contributed by atoms with Gasteiger partial charge < -0.3 is 77.9 Å². The van der Waals surface area contributed by atoms with E-state index in [0.717, 1.165) is 186 Å². The number of benzene rings is 12. The van der Waals surface area contributed by atoms with Crippen molar-refractivity contribution in [3.63, 3.8) is 0 Å². The van der Waals surface area contributed by atoms with Crippen molar-refractivity contribution < 1.29 is 48.5 Å². The van der Waals surface area contributed by atoms with Crippen molar-refractivity contribution in [1.82, 2.24) is 29.4 Å². The van der Waals surface area contributed by atoms with E-state index in [9.17, 15) is 15.3 Å². The van der Waals surface area contributed by atoms with Gasteiger partial charge in [-0.3, -0.25) is 0 Å². The lowest BCUT2D eigenvalue weighted by molar-refractivity contribution is 0.00815. The van der Waals surface area contributed by atoms with Gasteiger partial charge in [0.2, 0.25) is 13.6 Å². The maximum Gasteiger partial charge on any atom is 0.231 e. The van der Waals surface area contributed by atoms with Crippen LogP contribution in [-0.2, 0) is 47.8 Å². The lowest BCUT2D eigenvalue weighted by Gasteiger charge is -2.35. The molecule has 774 valence electrons. The van der Waals surface area contributed by atoms with E-state index in [2.05, 4.69) is 209 Å². The number of methoxy groups -OCH3 is 3. The van der Waals surface area contributed by atoms with E-state index in [1.54, 1.807) is 0 Å². The van der Waals surface area contributed by atoms with Crippen molar-refractivity contribution in [2.24, 2.45) is 0 Å². The van der Waals surface area contributed by atoms with Crippen LogP contribution in [0.4, 0.5) is 0 Å². The van der Waals surface area contributed by atoms with Crippen LogP contribution in [0, 0.1) is 0 Å². The molecule has 6 aliphatic rings. The minimum absolute atomic E-state index is 0.213. The van der Waals surface area contributed by atoms with Gasteiger partial charge in [-0.15, -0.1) is 0 Å². The Balaban J connectivity index is 0.000000146. The molecule has 16 heteroatoms. The molecule has 0 amide bonds. The fourth-order valence-electron chi connectivity index (χ4n) is 22.4. The zero-order valence-electron chi connectivity index (χ0n) is 88.3. The van der Waals surface area contributed by atoms with Gasteiger partial charge in [-0.05, 0) is 314 Å². The predicted octanol–water partition coefficient (Wildman–Crippen LogP) is 26.3. The van der Waals surface area contributed by atoms with E-state index in [4.69, 9.17) is 33.2 Å². The van der Waals surface area contributed by atoms with Crippen molar-refractivity contribution in [1.29, 1.82) is 0 Å². The molecule has 4 fully saturated rings. The normalized spacial score (nSPS) is 15.9. The van der Waals surface area contributed by atoms with Gasteiger partial charge in [-0.25, -0.2) is 0 Å². The second-order valence-corrected chi connectivity index (χ2v) is 39.7. The molecule has 6 aliphatic heterocycles. The monoisotopic (exact) mass is 1960 g/mol. The maximum atomic E-state index is 11.8. The summed E-state index contributed by atoms with van der Waals surface area (Å²) < 4.78 is 41.3. The molecule has 0 radical (unpaired) electrons. The van der Waals surface area contributed by atoms with Crippen LogP contribution in [0.15, 0.2) is 340 Å². The summed E-state index contributed by atoms with van der Waals surface area (Å²) in [6.45, 7) is 29.9. The zero-order chi connectivity index (χ0) is 101. The minimum atomic E-state index is -1.07. The number of likely N-dealkylation sites (tertiary alicyclic amines) is 4. The third-order valence-corrected chi connectivity index (χ3v) is 30.8. The van der Waals surface area contributed by atoms with E-state index in [1.807, 2.05) is 209 Å². The number of hydrogen-bond acceptors (Lipinski definition) is 16. The topological polar surface area (TPSA) is 145 Å². The highest BCUT2D eigenvalue weighted by molar-refractivity contribution is 5.56. The first-order valence-electron chi connectivity index (χ1n) is 54.7. The first-order chi connectivity index (χ1) is 71.2. The first kappa shape index (κ1) is 112. The molecule has 0 aromatic heterocycles. The summed E-state index contributed by atoms with van der Waals surface area (Å²) in [6.07, 6.45) is 27.4. The van der Waals surface area contributed by atoms with Gasteiger partial charge in [-0.1, -0.05) is 381 Å². The molecule has 12 aromatic rings. The molecule has 0 spiro atoms. The summed E-state index contributed by atoms with van der Waals surface area (Å²) in [5, 5.41) is 34.7. The Labute approximate surface area is 870 Å². The number of piperidine rings is 4. The van der Waals surface area contributed by atoms with Gasteiger partial charge >= 0.3 is 0 Å². The van der Waals surface area contributed by atoms with Crippen LogP contribution in [0.1, 0.15) is 249 Å². The molecule has 3 N–H and O–H groups in total. The van der Waals surface area contributed by atoms with Crippen molar-refractivity contribution >= 4 is 0 Å². The van der Waals surface area contributed by atoms with Crippen molar-refractivity contribution in [3.8, 4) is 23.0 Å². The van der Waals surface area contributed by atoms with Crippen LogP contribution < -0.4 is 18.9 Å². The van der Waals surface area contributed by atoms with Crippen molar-refractivity contribution in [3.05, 3.63) is 406 Å². The average molecular weight is 1960 g/mol. The Kier molecular flexibility index (Phi) is 45.7. The summed E-state index contributed by atoms with van der Waals surface area (Å²) in [6, 6.07) is 115. The maximum absolute atomic E-state index is 11.8. The number of hydrogen-bond donors (Lipinski definition) is 3. The molecular formula is C129H168N6O10. The summed E-state index contributed by atoms with van der Waals surface area (Å²) in [4.78, 5) is 15.1. The Hall–Kier alpha value is -10.6. The third kappa shape index (κ3) is 31.0. The summed E-state index contributed by atoms with van der Waals surface area (Å²) in [7, 11) is 5.49. The van der Waals surface area contributed by atoms with Crippen molar-refractivity contribution in [2.45, 2.75) is 215 Å². The highest BCUT2D eigenvalue weighted by Crippen LogP contribution is 2.50. The number of para-hydroxylation sites is 2. The number of aliphatic hydroxyl groups is 3. The molecule has 0 aliphatic carbocycles. The van der Waals surface area contributed by atoms with Crippen LogP contribution in [0.5, 0.6) is 23.0 Å². The average Bonchev–Trinajstić information content (AvgIpc) is 1.71. The van der Waals surface area contributed by atoms with Crippen LogP contribution in [0.3, 0.4) is 0 Å².